The Bertz CT molecular complexity index is 1150. The topological polar surface area (TPSA) is 4.93 Å². The molecule has 0 atom stereocenters. The molecule has 0 aliphatic heterocycles. The average Bonchev–Trinajstić information content (AvgIpc) is 3.02. The van der Waals surface area contributed by atoms with E-state index in [-0.39, 0.29) is 11.0 Å². The highest BCUT2D eigenvalue weighted by atomic mass is 15.1. The monoisotopic (exact) mass is 369 g/mol. The molecule has 1 aromatic heterocycles. The molecule has 3 aromatic carbocycles. The Morgan fingerprint density at radius 3 is 2.07 bits per heavy atom. The number of rotatable bonds is 3. The van der Waals surface area contributed by atoms with Crippen LogP contribution in [-0.2, 0) is 11.0 Å². The van der Waals surface area contributed by atoms with Crippen molar-refractivity contribution in [3.63, 3.8) is 0 Å². The van der Waals surface area contributed by atoms with Gasteiger partial charge in [-0.2, -0.15) is 0 Å². The summed E-state index contributed by atoms with van der Waals surface area (Å²) < 4.78 is 2.54. The fourth-order valence-corrected chi connectivity index (χ4v) is 4.13. The van der Waals surface area contributed by atoms with Gasteiger partial charge in [0.1, 0.15) is 0 Å². The quantitative estimate of drug-likeness (QED) is 0.346. The summed E-state index contributed by atoms with van der Waals surface area (Å²) in [6.45, 7) is 13.8. The highest BCUT2D eigenvalue weighted by Crippen LogP contribution is 2.38. The van der Waals surface area contributed by atoms with Gasteiger partial charge in [0.2, 0.25) is 0 Å². The summed E-state index contributed by atoms with van der Waals surface area (Å²) in [7, 11) is 0. The van der Waals surface area contributed by atoms with Gasteiger partial charge in [-0.15, -0.1) is 0 Å². The van der Waals surface area contributed by atoms with Crippen LogP contribution in [0.15, 0.2) is 66.7 Å². The first-order chi connectivity index (χ1) is 13.2. The Morgan fingerprint density at radius 2 is 1.36 bits per heavy atom. The molecule has 0 spiro atoms. The third-order valence-electron chi connectivity index (χ3n) is 6.21. The molecule has 0 saturated carbocycles. The van der Waals surface area contributed by atoms with Gasteiger partial charge in [0.05, 0.1) is 5.52 Å². The normalized spacial score (nSPS) is 12.8. The molecule has 144 valence electrons. The van der Waals surface area contributed by atoms with Crippen LogP contribution in [0.25, 0.3) is 32.9 Å². The van der Waals surface area contributed by atoms with Crippen LogP contribution in [0.3, 0.4) is 0 Å². The highest BCUT2D eigenvalue weighted by Gasteiger charge is 2.23. The first-order valence-electron chi connectivity index (χ1n) is 10.4. The fraction of sp³-hybridized carbons (Fsp3) is 0.333. The second kappa shape index (κ2) is 6.51. The minimum atomic E-state index is 0.0627. The summed E-state index contributed by atoms with van der Waals surface area (Å²) in [5.41, 5.74) is 6.82. The van der Waals surface area contributed by atoms with Gasteiger partial charge in [0, 0.05) is 21.8 Å². The van der Waals surface area contributed by atoms with Gasteiger partial charge in [-0.05, 0) is 54.5 Å². The summed E-state index contributed by atoms with van der Waals surface area (Å²) >= 11 is 0. The number of hydrogen-bond donors (Lipinski definition) is 0. The van der Waals surface area contributed by atoms with Crippen molar-refractivity contribution in [2.75, 3.05) is 0 Å². The van der Waals surface area contributed by atoms with Gasteiger partial charge < -0.3 is 4.57 Å². The third-order valence-corrected chi connectivity index (χ3v) is 6.21. The SMILES string of the molecule is CCC(C)(C)n1c2ccccc2c2ccc(-c3cccc(C(C)(C)C)c3)cc21. The van der Waals surface area contributed by atoms with Crippen molar-refractivity contribution in [1.29, 1.82) is 0 Å². The van der Waals surface area contributed by atoms with Gasteiger partial charge in [-0.25, -0.2) is 0 Å². The number of hydrogen-bond acceptors (Lipinski definition) is 0. The van der Waals surface area contributed by atoms with Crippen LogP contribution in [0.5, 0.6) is 0 Å². The van der Waals surface area contributed by atoms with E-state index in [1.165, 1.54) is 38.5 Å². The van der Waals surface area contributed by atoms with Crippen LogP contribution in [0.1, 0.15) is 53.5 Å². The second-order valence-electron chi connectivity index (χ2n) is 9.58. The maximum absolute atomic E-state index is 2.54. The standard InChI is InChI=1S/C27H31N/c1-7-27(5,6)28-24-14-9-8-13-22(24)23-16-15-20(18-25(23)28)19-11-10-12-21(17-19)26(2,3)4/h8-18H,7H2,1-6H3. The lowest BCUT2D eigenvalue weighted by Gasteiger charge is -2.28. The Balaban J connectivity index is 2.00. The van der Waals surface area contributed by atoms with Crippen molar-refractivity contribution < 1.29 is 0 Å². The molecule has 0 unspecified atom stereocenters. The van der Waals surface area contributed by atoms with E-state index in [0.29, 0.717) is 0 Å². The first kappa shape index (κ1) is 18.8. The molecule has 0 saturated heterocycles. The number of benzene rings is 3. The molecule has 0 radical (unpaired) electrons. The van der Waals surface area contributed by atoms with E-state index >= 15 is 0 Å². The lowest BCUT2D eigenvalue weighted by molar-refractivity contribution is 0.364. The van der Waals surface area contributed by atoms with E-state index in [2.05, 4.69) is 113 Å². The molecule has 0 fully saturated rings. The molecular formula is C27H31N. The van der Waals surface area contributed by atoms with Gasteiger partial charge in [0.15, 0.2) is 0 Å². The Kier molecular flexibility index (Phi) is 4.38. The summed E-state index contributed by atoms with van der Waals surface area (Å²) in [5.74, 6) is 0. The van der Waals surface area contributed by atoms with Crippen LogP contribution in [-0.4, -0.2) is 4.57 Å². The van der Waals surface area contributed by atoms with E-state index < -0.39 is 0 Å². The molecule has 1 nitrogen and oxygen atoms in total. The molecule has 0 bridgehead atoms. The predicted octanol–water partition coefficient (Wildman–Crippen LogP) is 7.90. The van der Waals surface area contributed by atoms with Crippen molar-refractivity contribution in [2.45, 2.75) is 58.9 Å². The van der Waals surface area contributed by atoms with Crippen molar-refractivity contribution >= 4 is 21.8 Å². The molecule has 4 aromatic rings. The molecule has 0 aliphatic carbocycles. The summed E-state index contributed by atoms with van der Waals surface area (Å²) in [6, 6.07) is 24.8. The Hall–Kier alpha value is -2.54. The lowest BCUT2D eigenvalue weighted by atomic mass is 9.85. The van der Waals surface area contributed by atoms with E-state index in [1.54, 1.807) is 0 Å². The minimum absolute atomic E-state index is 0.0627. The highest BCUT2D eigenvalue weighted by molar-refractivity contribution is 6.09. The molecular weight excluding hydrogens is 338 g/mol. The Morgan fingerprint density at radius 1 is 0.679 bits per heavy atom. The van der Waals surface area contributed by atoms with Crippen LogP contribution in [0, 0.1) is 0 Å². The molecule has 0 amide bonds. The lowest BCUT2D eigenvalue weighted by Crippen LogP contribution is -2.24. The fourth-order valence-electron chi connectivity index (χ4n) is 4.13. The number of nitrogens with zero attached hydrogens (tertiary/aromatic N) is 1. The van der Waals surface area contributed by atoms with Crippen LogP contribution >= 0.6 is 0 Å². The number of aromatic nitrogens is 1. The number of para-hydroxylation sites is 1. The van der Waals surface area contributed by atoms with Crippen molar-refractivity contribution in [2.24, 2.45) is 0 Å². The third kappa shape index (κ3) is 3.03. The van der Waals surface area contributed by atoms with Gasteiger partial charge in [-0.3, -0.25) is 0 Å². The van der Waals surface area contributed by atoms with Gasteiger partial charge in [-0.1, -0.05) is 82.3 Å². The average molecular weight is 370 g/mol. The van der Waals surface area contributed by atoms with Gasteiger partial charge >= 0.3 is 0 Å². The largest absolute Gasteiger partial charge is 0.335 e. The second-order valence-corrected chi connectivity index (χ2v) is 9.58. The van der Waals surface area contributed by atoms with Crippen molar-refractivity contribution in [3.05, 3.63) is 72.3 Å². The van der Waals surface area contributed by atoms with E-state index in [0.717, 1.165) is 6.42 Å². The maximum atomic E-state index is 2.54. The molecule has 28 heavy (non-hydrogen) atoms. The smallest absolute Gasteiger partial charge is 0.0502 e. The summed E-state index contributed by atoms with van der Waals surface area (Å²) in [5, 5.41) is 2.68. The molecule has 0 aliphatic rings. The zero-order valence-electron chi connectivity index (χ0n) is 18.0. The zero-order valence-corrected chi connectivity index (χ0v) is 18.0. The van der Waals surface area contributed by atoms with Crippen LogP contribution < -0.4 is 0 Å². The summed E-state index contributed by atoms with van der Waals surface area (Å²) in [4.78, 5) is 0. The van der Waals surface area contributed by atoms with Gasteiger partial charge in [0.25, 0.3) is 0 Å². The van der Waals surface area contributed by atoms with E-state index in [1.807, 2.05) is 0 Å². The van der Waals surface area contributed by atoms with Crippen molar-refractivity contribution in [1.82, 2.24) is 4.57 Å². The molecule has 1 heterocycles. The molecule has 4 rings (SSSR count). The Labute approximate surface area is 169 Å². The molecule has 1 heteroatoms. The van der Waals surface area contributed by atoms with E-state index in [9.17, 15) is 0 Å². The first-order valence-corrected chi connectivity index (χ1v) is 10.4. The minimum Gasteiger partial charge on any atom is -0.335 e. The van der Waals surface area contributed by atoms with E-state index in [4.69, 9.17) is 0 Å². The van der Waals surface area contributed by atoms with Crippen LogP contribution in [0.4, 0.5) is 0 Å². The number of fused-ring (bicyclic) bond motifs is 3. The summed E-state index contributed by atoms with van der Waals surface area (Å²) in [6.07, 6.45) is 1.09. The van der Waals surface area contributed by atoms with Crippen LogP contribution in [0.2, 0.25) is 0 Å². The maximum Gasteiger partial charge on any atom is 0.0502 e. The predicted molar refractivity (Wildman–Crippen MR) is 123 cm³/mol. The van der Waals surface area contributed by atoms with Crippen molar-refractivity contribution in [3.8, 4) is 11.1 Å². The molecule has 0 N–H and O–H groups in total. The zero-order chi connectivity index (χ0) is 20.1.